The molecule has 0 atom stereocenters. The smallest absolute Gasteiger partial charge is 0.0540 e. The van der Waals surface area contributed by atoms with Crippen LogP contribution in [0, 0.1) is 0 Å². The van der Waals surface area contributed by atoms with Gasteiger partial charge in [0.2, 0.25) is 0 Å². The molecule has 9 rings (SSSR count). The van der Waals surface area contributed by atoms with E-state index in [4.69, 9.17) is 0 Å². The van der Waals surface area contributed by atoms with Crippen molar-refractivity contribution < 1.29 is 0 Å². The maximum atomic E-state index is 2.42. The van der Waals surface area contributed by atoms with Crippen LogP contribution in [0.2, 0.25) is 0 Å². The molecule has 0 fully saturated rings. The van der Waals surface area contributed by atoms with Crippen molar-refractivity contribution >= 4 is 27.8 Å². The minimum absolute atomic E-state index is 0.952. The normalized spacial score (nSPS) is 11.7. The zero-order valence-corrected chi connectivity index (χ0v) is 26.6. The molecule has 1 aliphatic rings. The summed E-state index contributed by atoms with van der Waals surface area (Å²) in [6, 6.07) is 68.4. The molecule has 0 spiro atoms. The molecule has 0 N–H and O–H groups in total. The van der Waals surface area contributed by atoms with E-state index in [2.05, 4.69) is 193 Å². The van der Waals surface area contributed by atoms with E-state index in [0.29, 0.717) is 0 Å². The Hall–Kier alpha value is -6.18. The van der Waals surface area contributed by atoms with Gasteiger partial charge < -0.3 is 4.90 Å². The Morgan fingerprint density at radius 1 is 0.354 bits per heavy atom. The van der Waals surface area contributed by atoms with Crippen molar-refractivity contribution in [3.05, 3.63) is 199 Å². The van der Waals surface area contributed by atoms with Gasteiger partial charge >= 0.3 is 0 Å². The number of hydrogen-bond acceptors (Lipinski definition) is 1. The van der Waals surface area contributed by atoms with Gasteiger partial charge in [0.25, 0.3) is 0 Å². The predicted molar refractivity (Wildman–Crippen MR) is 203 cm³/mol. The Morgan fingerprint density at radius 3 is 1.75 bits per heavy atom. The summed E-state index contributed by atoms with van der Waals surface area (Å²) in [5, 5.41) is 2.44. The van der Waals surface area contributed by atoms with E-state index in [-0.39, 0.29) is 0 Å². The van der Waals surface area contributed by atoms with Gasteiger partial charge in [0, 0.05) is 16.8 Å². The molecule has 48 heavy (non-hydrogen) atoms. The van der Waals surface area contributed by atoms with Crippen molar-refractivity contribution in [3.8, 4) is 44.5 Å². The predicted octanol–water partition coefficient (Wildman–Crippen LogP) is 12.9. The van der Waals surface area contributed by atoms with Gasteiger partial charge in [-0.2, -0.15) is 0 Å². The average Bonchev–Trinajstić information content (AvgIpc) is 3.55. The Balaban J connectivity index is 1.25. The van der Waals surface area contributed by atoms with Crippen LogP contribution in [-0.2, 0) is 6.42 Å². The zero-order chi connectivity index (χ0) is 31.9. The molecule has 0 aliphatic heterocycles. The number of hydrogen-bond donors (Lipinski definition) is 0. The summed E-state index contributed by atoms with van der Waals surface area (Å²) < 4.78 is 0. The van der Waals surface area contributed by atoms with Crippen molar-refractivity contribution in [1.29, 1.82) is 0 Å². The highest BCUT2D eigenvalue weighted by molar-refractivity contribution is 6.00. The van der Waals surface area contributed by atoms with Gasteiger partial charge in [0.1, 0.15) is 0 Å². The number of benzene rings is 8. The summed E-state index contributed by atoms with van der Waals surface area (Å²) in [5.74, 6) is 0. The Morgan fingerprint density at radius 2 is 0.938 bits per heavy atom. The maximum Gasteiger partial charge on any atom is 0.0540 e. The molecule has 0 radical (unpaired) electrons. The topological polar surface area (TPSA) is 3.24 Å². The third-order valence-electron chi connectivity index (χ3n) is 9.73. The first kappa shape index (κ1) is 28.1. The van der Waals surface area contributed by atoms with Gasteiger partial charge in [-0.3, -0.25) is 0 Å². The van der Waals surface area contributed by atoms with E-state index >= 15 is 0 Å². The fourth-order valence-corrected chi connectivity index (χ4v) is 7.44. The zero-order valence-electron chi connectivity index (χ0n) is 26.6. The monoisotopic (exact) mass is 611 g/mol. The molecule has 0 bridgehead atoms. The largest absolute Gasteiger partial charge is 0.310 e. The van der Waals surface area contributed by atoms with Crippen LogP contribution in [0.25, 0.3) is 55.3 Å². The third kappa shape index (κ3) is 4.89. The lowest BCUT2D eigenvalue weighted by Crippen LogP contribution is -2.11. The molecule has 8 aromatic carbocycles. The lowest BCUT2D eigenvalue weighted by atomic mass is 9.89. The van der Waals surface area contributed by atoms with Crippen LogP contribution in [0.5, 0.6) is 0 Å². The van der Waals surface area contributed by atoms with Crippen molar-refractivity contribution in [2.45, 2.75) is 6.42 Å². The van der Waals surface area contributed by atoms with Crippen LogP contribution < -0.4 is 4.90 Å². The molecular weight excluding hydrogens is 579 g/mol. The Kier molecular flexibility index (Phi) is 6.95. The molecule has 0 amide bonds. The summed E-state index contributed by atoms with van der Waals surface area (Å²) >= 11 is 0. The van der Waals surface area contributed by atoms with Crippen LogP contribution >= 0.6 is 0 Å². The number of anilines is 3. The lowest BCUT2D eigenvalue weighted by Gasteiger charge is -2.28. The SMILES string of the molecule is c1ccc(-c2ccc(N(c3ccc(-c4cccc5c4Cc4ccccc4-5)c(-c4ccccc4)c3)c3cccc4ccccc34)cc2)cc1. The first-order valence-electron chi connectivity index (χ1n) is 16.7. The number of fused-ring (bicyclic) bond motifs is 4. The number of rotatable bonds is 6. The summed E-state index contributed by atoms with van der Waals surface area (Å²) in [6.07, 6.45) is 0.952. The van der Waals surface area contributed by atoms with Crippen molar-refractivity contribution in [1.82, 2.24) is 0 Å². The average molecular weight is 612 g/mol. The van der Waals surface area contributed by atoms with E-state index in [1.54, 1.807) is 0 Å². The molecule has 8 aromatic rings. The van der Waals surface area contributed by atoms with Gasteiger partial charge in [0.05, 0.1) is 5.69 Å². The summed E-state index contributed by atoms with van der Waals surface area (Å²) in [7, 11) is 0. The minimum atomic E-state index is 0.952. The van der Waals surface area contributed by atoms with Gasteiger partial charge in [-0.05, 0) is 97.8 Å². The molecule has 0 aromatic heterocycles. The summed E-state index contributed by atoms with van der Waals surface area (Å²) in [4.78, 5) is 2.42. The van der Waals surface area contributed by atoms with Gasteiger partial charge in [-0.25, -0.2) is 0 Å². The molecule has 226 valence electrons. The molecular formula is C47H33N. The van der Waals surface area contributed by atoms with Crippen molar-refractivity contribution in [2.75, 3.05) is 4.90 Å². The Bertz CT molecular complexity index is 2400. The second-order valence-electron chi connectivity index (χ2n) is 12.5. The second kappa shape index (κ2) is 11.9. The molecule has 1 heteroatoms. The molecule has 1 aliphatic carbocycles. The minimum Gasteiger partial charge on any atom is -0.310 e. The number of nitrogens with zero attached hydrogens (tertiary/aromatic N) is 1. The van der Waals surface area contributed by atoms with Crippen molar-refractivity contribution in [2.24, 2.45) is 0 Å². The van der Waals surface area contributed by atoms with Crippen LogP contribution in [0.1, 0.15) is 11.1 Å². The third-order valence-corrected chi connectivity index (χ3v) is 9.73. The van der Waals surface area contributed by atoms with E-state index in [0.717, 1.165) is 23.5 Å². The van der Waals surface area contributed by atoms with E-state index in [1.807, 2.05) is 0 Å². The summed E-state index contributed by atoms with van der Waals surface area (Å²) in [6.45, 7) is 0. The molecule has 0 saturated carbocycles. The second-order valence-corrected chi connectivity index (χ2v) is 12.5. The fourth-order valence-electron chi connectivity index (χ4n) is 7.44. The van der Waals surface area contributed by atoms with Gasteiger partial charge in [-0.1, -0.05) is 158 Å². The molecule has 0 saturated heterocycles. The Labute approximate surface area is 282 Å². The standard InChI is InChI=1S/C47H33N/c1-3-13-33(14-4-1)34-25-27-38(28-26-34)48(47-24-11-19-35-17-7-10-21-41(35)47)39-29-30-44(45(32-39)36-15-5-2-6-16-36)43-23-12-22-42-40-20-9-8-18-37(40)31-46(42)43/h1-30,32H,31H2. The van der Waals surface area contributed by atoms with Crippen molar-refractivity contribution in [3.63, 3.8) is 0 Å². The van der Waals surface area contributed by atoms with Gasteiger partial charge in [0.15, 0.2) is 0 Å². The highest BCUT2D eigenvalue weighted by Crippen LogP contribution is 2.46. The quantitative estimate of drug-likeness (QED) is 0.181. The van der Waals surface area contributed by atoms with Crippen LogP contribution in [0.4, 0.5) is 17.1 Å². The highest BCUT2D eigenvalue weighted by atomic mass is 15.1. The van der Waals surface area contributed by atoms with Crippen LogP contribution in [-0.4, -0.2) is 0 Å². The molecule has 0 heterocycles. The molecule has 1 nitrogen and oxygen atoms in total. The van der Waals surface area contributed by atoms with E-state index in [9.17, 15) is 0 Å². The fraction of sp³-hybridized carbons (Fsp3) is 0.0213. The lowest BCUT2D eigenvalue weighted by molar-refractivity contribution is 1.26. The van der Waals surface area contributed by atoms with E-state index in [1.165, 1.54) is 66.4 Å². The highest BCUT2D eigenvalue weighted by Gasteiger charge is 2.24. The van der Waals surface area contributed by atoms with Crippen LogP contribution in [0.15, 0.2) is 188 Å². The van der Waals surface area contributed by atoms with Gasteiger partial charge in [-0.15, -0.1) is 0 Å². The summed E-state index contributed by atoms with van der Waals surface area (Å²) in [5.41, 5.74) is 16.3. The first-order chi connectivity index (χ1) is 23.8. The first-order valence-corrected chi connectivity index (χ1v) is 16.7. The molecule has 0 unspecified atom stereocenters. The maximum absolute atomic E-state index is 2.42. The van der Waals surface area contributed by atoms with E-state index < -0.39 is 0 Å². The van der Waals surface area contributed by atoms with Crippen LogP contribution in [0.3, 0.4) is 0 Å².